The molecule has 0 bridgehead atoms. The topological polar surface area (TPSA) is 139 Å². The molecule has 204 valence electrons. The highest BCUT2D eigenvalue weighted by atomic mass is 19.1. The van der Waals surface area contributed by atoms with Crippen LogP contribution in [0.1, 0.15) is 46.7 Å². The van der Waals surface area contributed by atoms with E-state index in [0.717, 1.165) is 49.9 Å². The predicted octanol–water partition coefficient (Wildman–Crippen LogP) is 1.41. The number of nitrogens with one attached hydrogen (secondary N) is 2. The Morgan fingerprint density at radius 3 is 2.49 bits per heavy atom. The number of aliphatic hydroxyl groups is 2. The Bertz CT molecular complexity index is 1410. The molecule has 4 rings (SSSR count). The van der Waals surface area contributed by atoms with Gasteiger partial charge in [0.05, 0.1) is 18.6 Å². The Balaban J connectivity index is 1.35. The third kappa shape index (κ3) is 7.51. The Morgan fingerprint density at radius 1 is 1.13 bits per heavy atom. The van der Waals surface area contributed by atoms with Crippen LogP contribution in [-0.2, 0) is 17.8 Å². The summed E-state index contributed by atoms with van der Waals surface area (Å²) >= 11 is 0. The zero-order valence-electron chi connectivity index (χ0n) is 21.4. The quantitative estimate of drug-likeness (QED) is 0.276. The van der Waals surface area contributed by atoms with Gasteiger partial charge in [-0.2, -0.15) is 0 Å². The molecule has 1 aliphatic rings. The molecule has 39 heavy (non-hydrogen) atoms. The number of aliphatic hydroxyl groups excluding tert-OH is 2. The Labute approximate surface area is 225 Å². The van der Waals surface area contributed by atoms with Crippen molar-refractivity contribution in [3.8, 4) is 17.6 Å². The van der Waals surface area contributed by atoms with E-state index in [9.17, 15) is 24.2 Å². The fourth-order valence-electron chi connectivity index (χ4n) is 4.63. The molecule has 1 aliphatic heterocycles. The number of likely N-dealkylation sites (tertiary alicyclic amines) is 1. The lowest BCUT2D eigenvalue weighted by atomic mass is 9.93. The minimum Gasteiger partial charge on any atom is -0.502 e. The van der Waals surface area contributed by atoms with Crippen LogP contribution in [0.3, 0.4) is 0 Å². The van der Waals surface area contributed by atoms with Crippen molar-refractivity contribution in [3.63, 3.8) is 0 Å². The number of piperidine rings is 1. The molecule has 2 aromatic carbocycles. The van der Waals surface area contributed by atoms with Crippen molar-refractivity contribution in [2.24, 2.45) is 0 Å². The molecular weight excluding hydrogens is 503 g/mol. The molecule has 1 aromatic heterocycles. The second-order valence-electron chi connectivity index (χ2n) is 9.57. The molecule has 9 nitrogen and oxygen atoms in total. The van der Waals surface area contributed by atoms with E-state index in [1.54, 1.807) is 12.1 Å². The van der Waals surface area contributed by atoms with Gasteiger partial charge in [-0.15, -0.1) is 0 Å². The maximum Gasteiger partial charge on any atom is 0.293 e. The maximum absolute atomic E-state index is 14.9. The van der Waals surface area contributed by atoms with Crippen LogP contribution >= 0.6 is 0 Å². The number of amides is 1. The standard InChI is InChI=1S/C29H31FN4O5/c30-25-13-20(7-8-24(25)22(16-35)14-26-28(38)29(39)32-18-31-26)4-1-19-2-5-21(6-3-19)15-34-11-9-23(10-12-34)33-27(37)17-36/h2-3,5-8,13,18,22-23,35-36,38H,9-12,14-17H2,(H,33,37)(H,31,32,39)/t22-/m0/s1. The molecule has 2 heterocycles. The van der Waals surface area contributed by atoms with Crippen molar-refractivity contribution in [1.82, 2.24) is 20.2 Å². The number of carbonyl (C=O) groups is 1. The molecule has 3 aromatic rings. The van der Waals surface area contributed by atoms with Gasteiger partial charge in [0.15, 0.2) is 0 Å². The van der Waals surface area contributed by atoms with Gasteiger partial charge in [-0.25, -0.2) is 9.37 Å². The molecule has 10 heteroatoms. The van der Waals surface area contributed by atoms with E-state index in [4.69, 9.17) is 5.11 Å². The minimum absolute atomic E-state index is 0.00116. The van der Waals surface area contributed by atoms with Crippen molar-refractivity contribution in [2.45, 2.75) is 37.8 Å². The Kier molecular flexibility index (Phi) is 9.44. The van der Waals surface area contributed by atoms with E-state index in [1.807, 2.05) is 24.3 Å². The van der Waals surface area contributed by atoms with Crippen LogP contribution in [0.15, 0.2) is 53.6 Å². The summed E-state index contributed by atoms with van der Waals surface area (Å²) in [7, 11) is 0. The van der Waals surface area contributed by atoms with Gasteiger partial charge >= 0.3 is 0 Å². The molecule has 0 aliphatic carbocycles. The number of aromatic hydroxyl groups is 1. The number of benzene rings is 2. The summed E-state index contributed by atoms with van der Waals surface area (Å²) in [6, 6.07) is 12.5. The van der Waals surface area contributed by atoms with Crippen LogP contribution in [0.5, 0.6) is 5.75 Å². The van der Waals surface area contributed by atoms with E-state index >= 15 is 0 Å². The van der Waals surface area contributed by atoms with Crippen molar-refractivity contribution in [2.75, 3.05) is 26.3 Å². The van der Waals surface area contributed by atoms with E-state index in [0.29, 0.717) is 5.56 Å². The summed E-state index contributed by atoms with van der Waals surface area (Å²) in [5.41, 5.74) is 2.05. The second-order valence-corrected chi connectivity index (χ2v) is 9.57. The number of hydrogen-bond donors (Lipinski definition) is 5. The minimum atomic E-state index is -0.693. The first-order valence-corrected chi connectivity index (χ1v) is 12.8. The third-order valence-corrected chi connectivity index (χ3v) is 6.81. The van der Waals surface area contributed by atoms with Gasteiger partial charge in [0, 0.05) is 49.1 Å². The highest BCUT2D eigenvalue weighted by Crippen LogP contribution is 2.25. The molecule has 1 atom stereocenters. The first kappa shape index (κ1) is 28.0. The smallest absolute Gasteiger partial charge is 0.293 e. The lowest BCUT2D eigenvalue weighted by Gasteiger charge is -2.32. The number of H-pyrrole nitrogens is 1. The summed E-state index contributed by atoms with van der Waals surface area (Å²) < 4.78 is 14.9. The summed E-state index contributed by atoms with van der Waals surface area (Å²) in [5.74, 6) is 3.90. The van der Waals surface area contributed by atoms with Gasteiger partial charge in [-0.3, -0.25) is 14.5 Å². The van der Waals surface area contributed by atoms with E-state index in [-0.39, 0.29) is 36.2 Å². The first-order chi connectivity index (χ1) is 18.9. The lowest BCUT2D eigenvalue weighted by molar-refractivity contribution is -0.124. The van der Waals surface area contributed by atoms with Crippen LogP contribution in [0.4, 0.5) is 4.39 Å². The number of halogens is 1. The molecular formula is C29H31FN4O5. The maximum atomic E-state index is 14.9. The van der Waals surface area contributed by atoms with Crippen LogP contribution in [0.25, 0.3) is 0 Å². The fourth-order valence-corrected chi connectivity index (χ4v) is 4.63. The van der Waals surface area contributed by atoms with Crippen molar-refractivity contribution in [3.05, 3.63) is 92.9 Å². The van der Waals surface area contributed by atoms with Crippen molar-refractivity contribution in [1.29, 1.82) is 0 Å². The predicted molar refractivity (Wildman–Crippen MR) is 142 cm³/mol. The van der Waals surface area contributed by atoms with Crippen LogP contribution in [0.2, 0.25) is 0 Å². The normalized spacial score (nSPS) is 14.8. The highest BCUT2D eigenvalue weighted by molar-refractivity contribution is 5.77. The van der Waals surface area contributed by atoms with Gasteiger partial charge in [-0.1, -0.05) is 30.0 Å². The summed E-state index contributed by atoms with van der Waals surface area (Å²) in [5, 5.41) is 31.4. The number of hydrogen-bond acceptors (Lipinski definition) is 7. The third-order valence-electron chi connectivity index (χ3n) is 6.81. The lowest BCUT2D eigenvalue weighted by Crippen LogP contribution is -2.45. The molecule has 1 saturated heterocycles. The van der Waals surface area contributed by atoms with E-state index in [1.165, 1.54) is 6.07 Å². The van der Waals surface area contributed by atoms with Gasteiger partial charge in [0.1, 0.15) is 12.4 Å². The zero-order chi connectivity index (χ0) is 27.8. The van der Waals surface area contributed by atoms with Crippen LogP contribution in [0, 0.1) is 17.7 Å². The van der Waals surface area contributed by atoms with E-state index in [2.05, 4.69) is 32.0 Å². The monoisotopic (exact) mass is 534 g/mol. The summed E-state index contributed by atoms with van der Waals surface area (Å²) in [6.07, 6.45) is 2.84. The summed E-state index contributed by atoms with van der Waals surface area (Å²) in [6.45, 7) is 1.64. The Morgan fingerprint density at radius 2 is 1.82 bits per heavy atom. The molecule has 0 radical (unpaired) electrons. The molecule has 0 unspecified atom stereocenters. The van der Waals surface area contributed by atoms with Gasteiger partial charge < -0.3 is 25.6 Å². The SMILES string of the molecule is O=C(CO)NC1CCN(Cc2ccc(C#Cc3ccc([C@H](CO)Cc4nc[nH]c(=O)c4O)c(F)c3)cc2)CC1. The average Bonchev–Trinajstić information content (AvgIpc) is 2.95. The number of aromatic amines is 1. The highest BCUT2D eigenvalue weighted by Gasteiger charge is 2.21. The molecule has 1 amide bonds. The van der Waals surface area contributed by atoms with Gasteiger partial charge in [0.25, 0.3) is 5.56 Å². The first-order valence-electron chi connectivity index (χ1n) is 12.8. The molecule has 0 spiro atoms. The fraction of sp³-hybridized carbons (Fsp3) is 0.345. The molecule has 5 N–H and O–H groups in total. The van der Waals surface area contributed by atoms with E-state index < -0.39 is 29.7 Å². The second kappa shape index (κ2) is 13.2. The average molecular weight is 535 g/mol. The van der Waals surface area contributed by atoms with Crippen molar-refractivity contribution >= 4 is 5.91 Å². The molecule has 1 fully saturated rings. The summed E-state index contributed by atoms with van der Waals surface area (Å²) in [4.78, 5) is 31.4. The van der Waals surface area contributed by atoms with Gasteiger partial charge in [-0.05, 0) is 48.2 Å². The Hall–Kier alpha value is -4.04. The van der Waals surface area contributed by atoms with Crippen molar-refractivity contribution < 1.29 is 24.5 Å². The molecule has 0 saturated carbocycles. The largest absolute Gasteiger partial charge is 0.502 e. The van der Waals surface area contributed by atoms with Crippen LogP contribution in [-0.4, -0.2) is 68.4 Å². The number of nitrogens with zero attached hydrogens (tertiary/aromatic N) is 2. The number of carbonyl (C=O) groups excluding carboxylic acids is 1. The van der Waals surface area contributed by atoms with Gasteiger partial charge in [0.2, 0.25) is 11.7 Å². The van der Waals surface area contributed by atoms with Crippen LogP contribution < -0.4 is 10.9 Å². The zero-order valence-corrected chi connectivity index (χ0v) is 21.4. The number of aromatic nitrogens is 2. The number of rotatable bonds is 8.